The Balaban J connectivity index is 2.68. The summed E-state index contributed by atoms with van der Waals surface area (Å²) < 4.78 is 4.55. The van der Waals surface area contributed by atoms with Gasteiger partial charge in [-0.05, 0) is 11.8 Å². The van der Waals surface area contributed by atoms with Gasteiger partial charge < -0.3 is 10.5 Å². The Labute approximate surface area is 60.5 Å². The smallest absolute Gasteiger partial charge is 0.326 e. The number of methoxy groups -OCH3 is 1. The molecule has 0 aliphatic heterocycles. The zero-order valence-electron chi connectivity index (χ0n) is 6.60. The number of carbonyl (C=O) groups is 1. The van der Waals surface area contributed by atoms with Crippen molar-refractivity contribution in [3.63, 3.8) is 0 Å². The Bertz CT molecular complexity index is 176. The number of hydrogen-bond acceptors (Lipinski definition) is 3. The lowest BCUT2D eigenvalue weighted by molar-refractivity contribution is -0.144. The summed E-state index contributed by atoms with van der Waals surface area (Å²) >= 11 is 0. The van der Waals surface area contributed by atoms with Crippen LogP contribution >= 0.6 is 0 Å². The zero-order valence-corrected chi connectivity index (χ0v) is 6.60. The molecular weight excluding hydrogens is 130 g/mol. The molecule has 0 aromatic heterocycles. The van der Waals surface area contributed by atoms with Crippen molar-refractivity contribution in [1.29, 1.82) is 0 Å². The van der Waals surface area contributed by atoms with Gasteiger partial charge >= 0.3 is 5.97 Å². The molecule has 3 nitrogen and oxygen atoms in total. The Morgan fingerprint density at radius 1 is 1.60 bits per heavy atom. The van der Waals surface area contributed by atoms with E-state index in [1.54, 1.807) is 0 Å². The van der Waals surface area contributed by atoms with Gasteiger partial charge in [0.05, 0.1) is 7.11 Å². The zero-order chi connectivity index (χ0) is 7.99. The molecule has 0 saturated heterocycles. The van der Waals surface area contributed by atoms with Crippen molar-refractivity contribution in [3.8, 4) is 0 Å². The molecule has 0 spiro atoms. The highest BCUT2D eigenvalue weighted by Crippen LogP contribution is 2.54. The first-order valence-electron chi connectivity index (χ1n) is 3.31. The highest BCUT2D eigenvalue weighted by molar-refractivity contribution is 5.85. The average Bonchev–Trinajstić information content (AvgIpc) is 2.32. The highest BCUT2D eigenvalue weighted by atomic mass is 16.5. The molecule has 0 aromatic rings. The quantitative estimate of drug-likeness (QED) is 0.537. The van der Waals surface area contributed by atoms with E-state index >= 15 is 0 Å². The predicted octanol–water partition coefficient (Wildman–Crippen LogP) is 0.287. The van der Waals surface area contributed by atoms with Crippen LogP contribution in [-0.2, 0) is 9.53 Å². The predicted molar refractivity (Wildman–Crippen MR) is 37.3 cm³/mol. The molecular formula is C7H13NO2. The summed E-state index contributed by atoms with van der Waals surface area (Å²) in [6, 6.07) is 0. The van der Waals surface area contributed by atoms with Gasteiger partial charge in [-0.3, -0.25) is 4.79 Å². The molecule has 3 heteroatoms. The summed E-state index contributed by atoms with van der Waals surface area (Å²) in [5.41, 5.74) is 4.93. The molecule has 0 radical (unpaired) electrons. The summed E-state index contributed by atoms with van der Waals surface area (Å²) in [5, 5.41) is 0. The van der Waals surface area contributed by atoms with E-state index < -0.39 is 5.54 Å². The van der Waals surface area contributed by atoms with Crippen LogP contribution < -0.4 is 5.73 Å². The van der Waals surface area contributed by atoms with Gasteiger partial charge in [0.1, 0.15) is 5.54 Å². The minimum atomic E-state index is -0.707. The van der Waals surface area contributed by atoms with E-state index in [0.717, 1.165) is 6.42 Å². The second kappa shape index (κ2) is 1.72. The van der Waals surface area contributed by atoms with E-state index in [0.29, 0.717) is 0 Å². The number of esters is 1. The van der Waals surface area contributed by atoms with E-state index in [4.69, 9.17) is 5.73 Å². The molecule has 0 aromatic carbocycles. The second-order valence-electron chi connectivity index (χ2n) is 3.52. The summed E-state index contributed by atoms with van der Waals surface area (Å²) in [6.07, 6.45) is 0.729. The van der Waals surface area contributed by atoms with Crippen molar-refractivity contribution in [1.82, 2.24) is 0 Å². The average molecular weight is 143 g/mol. The third-order valence-electron chi connectivity index (χ3n) is 2.35. The second-order valence-corrected chi connectivity index (χ2v) is 3.52. The Kier molecular flexibility index (Phi) is 1.30. The number of rotatable bonds is 1. The van der Waals surface area contributed by atoms with Crippen molar-refractivity contribution in [2.24, 2.45) is 11.1 Å². The normalized spacial score (nSPS) is 35.2. The van der Waals surface area contributed by atoms with Crippen molar-refractivity contribution in [2.75, 3.05) is 7.11 Å². The molecule has 1 aliphatic carbocycles. The molecule has 0 bridgehead atoms. The molecule has 1 aliphatic rings. The van der Waals surface area contributed by atoms with Crippen LogP contribution in [0.15, 0.2) is 0 Å². The largest absolute Gasteiger partial charge is 0.468 e. The van der Waals surface area contributed by atoms with Crippen molar-refractivity contribution in [2.45, 2.75) is 25.8 Å². The molecule has 1 rings (SSSR count). The molecule has 0 heterocycles. The molecule has 58 valence electrons. The van der Waals surface area contributed by atoms with E-state index in [2.05, 4.69) is 4.74 Å². The SMILES string of the molecule is COC(=O)C1(N)CC1(C)C. The van der Waals surface area contributed by atoms with Gasteiger partial charge in [0.25, 0.3) is 0 Å². The lowest BCUT2D eigenvalue weighted by Gasteiger charge is -2.10. The van der Waals surface area contributed by atoms with Crippen molar-refractivity contribution < 1.29 is 9.53 Å². The first-order valence-corrected chi connectivity index (χ1v) is 3.31. The van der Waals surface area contributed by atoms with Crippen LogP contribution in [0.3, 0.4) is 0 Å². The van der Waals surface area contributed by atoms with E-state index in [1.807, 2.05) is 13.8 Å². The topological polar surface area (TPSA) is 52.3 Å². The van der Waals surface area contributed by atoms with Crippen LogP contribution in [0.2, 0.25) is 0 Å². The van der Waals surface area contributed by atoms with Gasteiger partial charge in [0, 0.05) is 0 Å². The van der Waals surface area contributed by atoms with Gasteiger partial charge in [-0.15, -0.1) is 0 Å². The third kappa shape index (κ3) is 0.736. The van der Waals surface area contributed by atoms with Crippen LogP contribution in [0.25, 0.3) is 0 Å². The fourth-order valence-corrected chi connectivity index (χ4v) is 1.18. The minimum absolute atomic E-state index is 0.0694. The fraction of sp³-hybridized carbons (Fsp3) is 0.857. The Morgan fingerprint density at radius 3 is 2.10 bits per heavy atom. The monoisotopic (exact) mass is 143 g/mol. The molecule has 1 saturated carbocycles. The van der Waals surface area contributed by atoms with Gasteiger partial charge in [-0.1, -0.05) is 13.8 Å². The van der Waals surface area contributed by atoms with E-state index in [1.165, 1.54) is 7.11 Å². The summed E-state index contributed by atoms with van der Waals surface area (Å²) in [5.74, 6) is -0.294. The highest BCUT2D eigenvalue weighted by Gasteiger charge is 2.64. The number of carbonyl (C=O) groups excluding carboxylic acids is 1. The first kappa shape index (κ1) is 7.54. The lowest BCUT2D eigenvalue weighted by Crippen LogP contribution is -2.38. The van der Waals surface area contributed by atoms with Crippen LogP contribution in [0.1, 0.15) is 20.3 Å². The maximum atomic E-state index is 11.0. The molecule has 1 atom stereocenters. The number of nitrogens with two attached hydrogens (primary N) is 1. The van der Waals surface area contributed by atoms with Gasteiger partial charge in [0.2, 0.25) is 0 Å². The molecule has 2 N–H and O–H groups in total. The number of hydrogen-bond donors (Lipinski definition) is 1. The minimum Gasteiger partial charge on any atom is -0.468 e. The maximum Gasteiger partial charge on any atom is 0.326 e. The van der Waals surface area contributed by atoms with Crippen LogP contribution in [0.5, 0.6) is 0 Å². The van der Waals surface area contributed by atoms with E-state index in [-0.39, 0.29) is 11.4 Å². The van der Waals surface area contributed by atoms with Crippen molar-refractivity contribution in [3.05, 3.63) is 0 Å². The molecule has 0 amide bonds. The van der Waals surface area contributed by atoms with Gasteiger partial charge in [-0.2, -0.15) is 0 Å². The standard InChI is InChI=1S/C7H13NO2/c1-6(2)4-7(6,8)5(9)10-3/h4,8H2,1-3H3. The summed E-state index contributed by atoms with van der Waals surface area (Å²) in [7, 11) is 1.37. The molecule has 10 heavy (non-hydrogen) atoms. The van der Waals surface area contributed by atoms with Crippen LogP contribution in [-0.4, -0.2) is 18.6 Å². The van der Waals surface area contributed by atoms with Crippen LogP contribution in [0.4, 0.5) is 0 Å². The molecule has 1 fully saturated rings. The Morgan fingerprint density at radius 2 is 2.00 bits per heavy atom. The third-order valence-corrected chi connectivity index (χ3v) is 2.35. The summed E-state index contributed by atoms with van der Waals surface area (Å²) in [6.45, 7) is 3.92. The maximum absolute atomic E-state index is 11.0. The fourth-order valence-electron chi connectivity index (χ4n) is 1.18. The van der Waals surface area contributed by atoms with Gasteiger partial charge in [-0.25, -0.2) is 0 Å². The van der Waals surface area contributed by atoms with Gasteiger partial charge in [0.15, 0.2) is 0 Å². The lowest BCUT2D eigenvalue weighted by atomic mass is 10.1. The first-order chi connectivity index (χ1) is 4.44. The van der Waals surface area contributed by atoms with Crippen LogP contribution in [0, 0.1) is 5.41 Å². The van der Waals surface area contributed by atoms with E-state index in [9.17, 15) is 4.79 Å². The van der Waals surface area contributed by atoms with Crippen molar-refractivity contribution >= 4 is 5.97 Å². The summed E-state index contributed by atoms with van der Waals surface area (Å²) in [4.78, 5) is 11.0. The molecule has 1 unspecified atom stereocenters. The number of ether oxygens (including phenoxy) is 1. The Hall–Kier alpha value is -0.570.